The van der Waals surface area contributed by atoms with Crippen LogP contribution in [-0.2, 0) is 0 Å². The van der Waals surface area contributed by atoms with Crippen LogP contribution in [0.1, 0.15) is 11.6 Å². The fourth-order valence-electron chi connectivity index (χ4n) is 2.89. The fourth-order valence-corrected chi connectivity index (χ4v) is 2.89. The number of pyridine rings is 1. The molecule has 0 aliphatic rings. The molecule has 1 atom stereocenters. The van der Waals surface area contributed by atoms with Gasteiger partial charge in [0.05, 0.1) is 10.6 Å². The highest BCUT2D eigenvalue weighted by atomic mass is 19.3. The molecule has 2 aromatic carbocycles. The second-order valence-electron chi connectivity index (χ2n) is 6.10. The lowest BCUT2D eigenvalue weighted by Gasteiger charge is -2.17. The van der Waals surface area contributed by atoms with E-state index in [1.807, 2.05) is 6.07 Å². The van der Waals surface area contributed by atoms with Crippen LogP contribution in [0.25, 0.3) is 22.4 Å². The summed E-state index contributed by atoms with van der Waals surface area (Å²) in [6.07, 6.45) is -3.35. The number of carbonyl (C=O) groups is 1. The molecule has 2 N–H and O–H groups in total. The molecule has 1 heterocycles. The maximum Gasteiger partial charge on any atom is 0.405 e. The van der Waals surface area contributed by atoms with E-state index in [0.717, 1.165) is 6.20 Å². The third-order valence-electron chi connectivity index (χ3n) is 4.24. The molecule has 148 valence electrons. The first-order valence-corrected chi connectivity index (χ1v) is 8.44. The van der Waals surface area contributed by atoms with Crippen molar-refractivity contribution < 1.29 is 23.6 Å². The summed E-state index contributed by atoms with van der Waals surface area (Å²) in [6.45, 7) is 0. The third-order valence-corrected chi connectivity index (χ3v) is 4.24. The number of nitrogens with zero attached hydrogens (tertiary/aromatic N) is 2. The lowest BCUT2D eigenvalue weighted by molar-refractivity contribution is -0.385. The molecule has 0 fully saturated rings. The van der Waals surface area contributed by atoms with Gasteiger partial charge < -0.3 is 10.4 Å². The van der Waals surface area contributed by atoms with Crippen LogP contribution in [0, 0.1) is 10.1 Å². The lowest BCUT2D eigenvalue weighted by Crippen LogP contribution is -2.31. The maximum atomic E-state index is 13.2. The number of rotatable bonds is 6. The Hall–Kier alpha value is -3.88. The highest BCUT2D eigenvalue weighted by Crippen LogP contribution is 2.33. The molecule has 9 heteroatoms. The molecule has 0 aliphatic heterocycles. The minimum atomic E-state index is -2.92. The zero-order valence-corrected chi connectivity index (χ0v) is 14.8. The summed E-state index contributed by atoms with van der Waals surface area (Å²) in [7, 11) is 0. The second-order valence-corrected chi connectivity index (χ2v) is 6.10. The lowest BCUT2D eigenvalue weighted by atomic mass is 9.97. The quantitative estimate of drug-likeness (QED) is 0.453. The summed E-state index contributed by atoms with van der Waals surface area (Å²) in [6, 6.07) is 14.5. The van der Waals surface area contributed by atoms with Crippen LogP contribution < -0.4 is 5.32 Å². The molecule has 0 aliphatic carbocycles. The minimum Gasteiger partial charge on any atom is -0.465 e. The van der Waals surface area contributed by atoms with Crippen LogP contribution in [0.15, 0.2) is 66.9 Å². The van der Waals surface area contributed by atoms with E-state index in [1.54, 1.807) is 29.6 Å². The predicted octanol–water partition coefficient (Wildman–Crippen LogP) is 4.90. The summed E-state index contributed by atoms with van der Waals surface area (Å²) >= 11 is 0. The maximum absolute atomic E-state index is 13.2. The number of hydrogen-bond donors (Lipinski definition) is 2. The SMILES string of the molecule is O=C(O)NC(c1ccc(-c2ncc([N+](=O)[O-])cc2-c2ccccc2)cc1)C(F)F. The molecule has 0 saturated carbocycles. The van der Waals surface area contributed by atoms with Crippen molar-refractivity contribution >= 4 is 11.8 Å². The number of hydrogen-bond acceptors (Lipinski definition) is 4. The van der Waals surface area contributed by atoms with Gasteiger partial charge in [-0.15, -0.1) is 0 Å². The van der Waals surface area contributed by atoms with Gasteiger partial charge in [-0.05, 0) is 11.1 Å². The zero-order chi connectivity index (χ0) is 21.0. The number of nitrogens with one attached hydrogen (secondary N) is 1. The zero-order valence-electron chi connectivity index (χ0n) is 14.8. The molecular weight excluding hydrogens is 384 g/mol. The Morgan fingerprint density at radius 2 is 1.72 bits per heavy atom. The molecule has 1 aromatic heterocycles. The Labute approximate surface area is 163 Å². The van der Waals surface area contributed by atoms with E-state index in [9.17, 15) is 23.7 Å². The Kier molecular flexibility index (Phi) is 5.77. The van der Waals surface area contributed by atoms with Crippen molar-refractivity contribution in [2.24, 2.45) is 0 Å². The van der Waals surface area contributed by atoms with Crippen LogP contribution in [0.3, 0.4) is 0 Å². The van der Waals surface area contributed by atoms with Gasteiger partial charge in [-0.25, -0.2) is 18.6 Å². The number of benzene rings is 2. The Bertz CT molecular complexity index is 1030. The van der Waals surface area contributed by atoms with Crippen LogP contribution >= 0.6 is 0 Å². The van der Waals surface area contributed by atoms with E-state index >= 15 is 0 Å². The van der Waals surface area contributed by atoms with Gasteiger partial charge in [0.2, 0.25) is 0 Å². The van der Waals surface area contributed by atoms with E-state index in [-0.39, 0.29) is 11.3 Å². The third kappa shape index (κ3) is 4.52. The molecule has 3 aromatic rings. The van der Waals surface area contributed by atoms with Gasteiger partial charge in [0.15, 0.2) is 0 Å². The molecule has 1 unspecified atom stereocenters. The molecule has 0 bridgehead atoms. The smallest absolute Gasteiger partial charge is 0.405 e. The van der Waals surface area contributed by atoms with Crippen molar-refractivity contribution in [1.82, 2.24) is 10.3 Å². The monoisotopic (exact) mass is 399 g/mol. The van der Waals surface area contributed by atoms with Gasteiger partial charge in [-0.2, -0.15) is 0 Å². The summed E-state index contributed by atoms with van der Waals surface area (Å²) < 4.78 is 26.3. The average molecular weight is 399 g/mol. The molecular formula is C20H15F2N3O4. The Morgan fingerprint density at radius 3 is 2.28 bits per heavy atom. The Morgan fingerprint density at radius 1 is 1.07 bits per heavy atom. The number of amides is 1. The molecule has 0 saturated heterocycles. The van der Waals surface area contributed by atoms with Gasteiger partial charge in [0.1, 0.15) is 12.2 Å². The van der Waals surface area contributed by atoms with Gasteiger partial charge in [-0.3, -0.25) is 10.1 Å². The molecule has 7 nitrogen and oxygen atoms in total. The largest absolute Gasteiger partial charge is 0.465 e. The molecule has 29 heavy (non-hydrogen) atoms. The normalized spacial score (nSPS) is 11.8. The summed E-state index contributed by atoms with van der Waals surface area (Å²) in [5.74, 6) is 0. The van der Waals surface area contributed by atoms with E-state index in [1.165, 1.54) is 30.3 Å². The first-order valence-electron chi connectivity index (χ1n) is 8.44. The number of carboxylic acid groups (broad SMARTS) is 1. The highest BCUT2D eigenvalue weighted by molar-refractivity contribution is 5.82. The first kappa shape index (κ1) is 19.9. The van der Waals surface area contributed by atoms with Crippen LogP contribution in [-0.4, -0.2) is 27.5 Å². The Balaban J connectivity index is 2.04. The van der Waals surface area contributed by atoms with Gasteiger partial charge >= 0.3 is 6.09 Å². The predicted molar refractivity (Wildman–Crippen MR) is 102 cm³/mol. The first-order chi connectivity index (χ1) is 13.9. The van der Waals surface area contributed by atoms with Gasteiger partial charge in [0.25, 0.3) is 12.1 Å². The van der Waals surface area contributed by atoms with Crippen LogP contribution in [0.4, 0.5) is 19.3 Å². The minimum absolute atomic E-state index is 0.0920. The topological polar surface area (TPSA) is 105 Å². The standard InChI is InChI=1S/C20H15F2N3O4/c21-19(22)18(24-20(26)27)14-8-6-13(7-9-14)17-16(12-4-2-1-3-5-12)10-15(11-23-17)25(28)29/h1-11,18-19,24H,(H,26,27). The van der Waals surface area contributed by atoms with Gasteiger partial charge in [-0.1, -0.05) is 54.6 Å². The average Bonchev–Trinajstić information content (AvgIpc) is 2.72. The highest BCUT2D eigenvalue weighted by Gasteiger charge is 2.24. The number of alkyl halides is 2. The molecule has 1 amide bonds. The van der Waals surface area contributed by atoms with Crippen molar-refractivity contribution in [1.29, 1.82) is 0 Å². The number of aromatic nitrogens is 1. The van der Waals surface area contributed by atoms with Crippen molar-refractivity contribution in [2.75, 3.05) is 0 Å². The summed E-state index contributed by atoms with van der Waals surface area (Å²) in [4.78, 5) is 25.6. The van der Waals surface area contributed by atoms with Crippen LogP contribution in [0.2, 0.25) is 0 Å². The second kappa shape index (κ2) is 8.42. The van der Waals surface area contributed by atoms with Crippen LogP contribution in [0.5, 0.6) is 0 Å². The fraction of sp³-hybridized carbons (Fsp3) is 0.100. The molecule has 3 rings (SSSR count). The van der Waals surface area contributed by atoms with E-state index in [4.69, 9.17) is 5.11 Å². The number of halogens is 2. The van der Waals surface area contributed by atoms with Crippen molar-refractivity contribution in [2.45, 2.75) is 12.5 Å². The van der Waals surface area contributed by atoms with Gasteiger partial charge in [0, 0.05) is 17.2 Å². The molecule has 0 spiro atoms. The summed E-state index contributed by atoms with van der Waals surface area (Å²) in [5.41, 5.74) is 2.13. The van der Waals surface area contributed by atoms with E-state index in [2.05, 4.69) is 4.98 Å². The van der Waals surface area contributed by atoms with E-state index in [0.29, 0.717) is 22.4 Å². The van der Waals surface area contributed by atoms with Crippen molar-refractivity contribution in [3.8, 4) is 22.4 Å². The van der Waals surface area contributed by atoms with Crippen molar-refractivity contribution in [3.63, 3.8) is 0 Å². The molecule has 0 radical (unpaired) electrons. The number of nitro groups is 1. The van der Waals surface area contributed by atoms with Crippen molar-refractivity contribution in [3.05, 3.63) is 82.5 Å². The summed E-state index contributed by atoms with van der Waals surface area (Å²) in [5, 5.41) is 21.7. The van der Waals surface area contributed by atoms with E-state index < -0.39 is 23.5 Å².